The summed E-state index contributed by atoms with van der Waals surface area (Å²) in [5, 5.41) is 0. The summed E-state index contributed by atoms with van der Waals surface area (Å²) in [7, 11) is 0. The molecule has 0 nitrogen and oxygen atoms in total. The SMILES string of the molecule is CC(C)(C)c1cc(C(C)(C)C)cc(C(C)(C)Cc2c(C(C)(C)C)cc(C(C)(C)C)cc2C(C)(C)C)c1.CC(C)(C)c1cc(C(C)(C)C)cc(C(C)(C)Cc2c(C(C)(C)C)cc(C(C)(C)C)cc2C(C)(C)C)c1. The van der Waals surface area contributed by atoms with Gasteiger partial charge in [0.15, 0.2) is 0 Å². The van der Waals surface area contributed by atoms with E-state index < -0.39 is 0 Å². The first-order valence-electron chi connectivity index (χ1n) is 28.2. The molecule has 0 aromatic heterocycles. The smallest absolute Gasteiger partial charge is 0.00628 e. The average Bonchev–Trinajstić information content (AvgIpc) is 3.13. The van der Waals surface area contributed by atoms with E-state index in [4.69, 9.17) is 0 Å². The number of hydrogen-bond donors (Lipinski definition) is 0. The Bertz CT molecular complexity index is 2190. The first kappa shape index (κ1) is 63.2. The molecular weight excluding hydrogens is 865 g/mol. The van der Waals surface area contributed by atoms with Gasteiger partial charge in [-0.05, 0) is 156 Å². The molecule has 0 unspecified atom stereocenters. The molecule has 4 rings (SSSR count). The van der Waals surface area contributed by atoms with Crippen molar-refractivity contribution >= 4 is 0 Å². The fraction of sp³-hybridized carbons (Fsp3) is 0.667. The highest BCUT2D eigenvalue weighted by Gasteiger charge is 2.36. The third-order valence-corrected chi connectivity index (χ3v) is 15.6. The van der Waals surface area contributed by atoms with Gasteiger partial charge in [-0.1, -0.05) is 296 Å². The minimum atomic E-state index is 0.00447. The van der Waals surface area contributed by atoms with Gasteiger partial charge < -0.3 is 0 Å². The Labute approximate surface area is 449 Å². The molecule has 404 valence electrons. The molecule has 0 saturated carbocycles. The number of rotatable bonds is 6. The van der Waals surface area contributed by atoms with Gasteiger partial charge in [-0.3, -0.25) is 0 Å². The predicted molar refractivity (Wildman–Crippen MR) is 326 cm³/mol. The summed E-state index contributed by atoms with van der Waals surface area (Å²) in [6.45, 7) is 80.6. The lowest BCUT2D eigenvalue weighted by molar-refractivity contribution is 0.481. The lowest BCUT2D eigenvalue weighted by atomic mass is 9.67. The maximum absolute atomic E-state index is 2.52. The largest absolute Gasteiger partial charge is 0.0561 e. The van der Waals surface area contributed by atoms with Crippen LogP contribution in [0.2, 0.25) is 0 Å². The van der Waals surface area contributed by atoms with Gasteiger partial charge in [0, 0.05) is 0 Å². The molecule has 0 aliphatic rings. The van der Waals surface area contributed by atoms with Gasteiger partial charge >= 0.3 is 0 Å². The van der Waals surface area contributed by atoms with E-state index in [-0.39, 0.29) is 65.0 Å². The monoisotopic (exact) mass is 981 g/mol. The number of hydrogen-bond acceptors (Lipinski definition) is 0. The zero-order chi connectivity index (χ0) is 56.6. The minimum absolute atomic E-state index is 0.00447. The highest BCUT2D eigenvalue weighted by molar-refractivity contribution is 5.52. The molecule has 0 aliphatic carbocycles. The third-order valence-electron chi connectivity index (χ3n) is 15.6. The Morgan fingerprint density at radius 3 is 0.458 bits per heavy atom. The van der Waals surface area contributed by atoms with Crippen molar-refractivity contribution < 1.29 is 0 Å². The van der Waals surface area contributed by atoms with Gasteiger partial charge in [0.25, 0.3) is 0 Å². The van der Waals surface area contributed by atoms with Crippen molar-refractivity contribution in [3.63, 3.8) is 0 Å². The molecule has 0 radical (unpaired) electrons. The summed E-state index contributed by atoms with van der Waals surface area (Å²) in [5.41, 5.74) is 21.7. The standard InChI is InChI=1S/2C36H58/c2*1-31(2,3)24-18-25(32(4,5)6)20-27(19-24)36(16,17)23-28-29(34(10,11)12)21-26(33(7,8)9)22-30(28)35(13,14)15/h2*18-22H,23H2,1-17H3. The van der Waals surface area contributed by atoms with Gasteiger partial charge in [0.2, 0.25) is 0 Å². The van der Waals surface area contributed by atoms with Crippen LogP contribution in [-0.2, 0) is 77.8 Å². The van der Waals surface area contributed by atoms with E-state index in [1.54, 1.807) is 11.1 Å². The third kappa shape index (κ3) is 16.0. The number of benzene rings is 4. The Hall–Kier alpha value is -3.12. The fourth-order valence-electron chi connectivity index (χ4n) is 10.1. The van der Waals surface area contributed by atoms with Crippen molar-refractivity contribution in [2.24, 2.45) is 0 Å². The first-order chi connectivity index (χ1) is 31.5. The van der Waals surface area contributed by atoms with Gasteiger partial charge in [-0.2, -0.15) is 0 Å². The summed E-state index contributed by atoms with van der Waals surface area (Å²) in [4.78, 5) is 0. The van der Waals surface area contributed by atoms with Crippen molar-refractivity contribution in [2.75, 3.05) is 0 Å². The highest BCUT2D eigenvalue weighted by Crippen LogP contribution is 2.46. The topological polar surface area (TPSA) is 0 Å². The van der Waals surface area contributed by atoms with Gasteiger partial charge in [-0.25, -0.2) is 0 Å². The van der Waals surface area contributed by atoms with Gasteiger partial charge in [-0.15, -0.1) is 0 Å². The predicted octanol–water partition coefficient (Wildman–Crippen LogP) is 21.4. The van der Waals surface area contributed by atoms with Gasteiger partial charge in [0.1, 0.15) is 0 Å². The van der Waals surface area contributed by atoms with E-state index in [9.17, 15) is 0 Å². The van der Waals surface area contributed by atoms with Crippen LogP contribution in [0.15, 0.2) is 60.7 Å². The molecule has 72 heavy (non-hydrogen) atoms. The van der Waals surface area contributed by atoms with E-state index in [1.807, 2.05) is 0 Å². The van der Waals surface area contributed by atoms with Crippen molar-refractivity contribution in [1.82, 2.24) is 0 Å². The van der Waals surface area contributed by atoms with Crippen LogP contribution in [0.5, 0.6) is 0 Å². The second-order valence-corrected chi connectivity index (χ2v) is 34.3. The van der Waals surface area contributed by atoms with Gasteiger partial charge in [0.05, 0.1) is 0 Å². The molecule has 0 aliphatic heterocycles. The van der Waals surface area contributed by atoms with Crippen LogP contribution in [0, 0.1) is 0 Å². The van der Waals surface area contributed by atoms with Crippen molar-refractivity contribution in [2.45, 2.75) is 313 Å². The lowest BCUT2D eigenvalue weighted by Crippen LogP contribution is -2.30. The van der Waals surface area contributed by atoms with Crippen LogP contribution in [0.25, 0.3) is 0 Å². The summed E-state index contributed by atoms with van der Waals surface area (Å²) >= 11 is 0. The van der Waals surface area contributed by atoms with E-state index in [0.717, 1.165) is 12.8 Å². The zero-order valence-corrected chi connectivity index (χ0v) is 54.2. The second-order valence-electron chi connectivity index (χ2n) is 34.3. The van der Waals surface area contributed by atoms with Crippen molar-refractivity contribution in [1.29, 1.82) is 0 Å². The van der Waals surface area contributed by atoms with E-state index in [0.29, 0.717) is 0 Å². The molecule has 0 atom stereocenters. The lowest BCUT2D eigenvalue weighted by Gasteiger charge is -2.37. The maximum Gasteiger partial charge on any atom is -0.00628 e. The van der Waals surface area contributed by atoms with Crippen LogP contribution in [0.1, 0.15) is 313 Å². The second kappa shape index (κ2) is 20.1. The summed E-state index contributed by atoms with van der Waals surface area (Å²) in [5.74, 6) is 0. The molecule has 0 saturated heterocycles. The quantitative estimate of drug-likeness (QED) is 0.181. The van der Waals surface area contributed by atoms with Crippen LogP contribution < -0.4 is 0 Å². The van der Waals surface area contributed by atoms with Crippen LogP contribution >= 0.6 is 0 Å². The Morgan fingerprint density at radius 1 is 0.181 bits per heavy atom. The van der Waals surface area contributed by atoms with Crippen LogP contribution in [-0.4, -0.2) is 0 Å². The molecule has 0 spiro atoms. The molecule has 0 bridgehead atoms. The zero-order valence-electron chi connectivity index (χ0n) is 54.2. The summed E-state index contributed by atoms with van der Waals surface area (Å²) in [6.07, 6.45) is 2.07. The Balaban J connectivity index is 0.000000380. The maximum atomic E-state index is 2.52. The Kier molecular flexibility index (Phi) is 17.6. The summed E-state index contributed by atoms with van der Waals surface area (Å²) in [6, 6.07) is 24.9. The van der Waals surface area contributed by atoms with E-state index in [1.165, 1.54) is 66.8 Å². The summed E-state index contributed by atoms with van der Waals surface area (Å²) < 4.78 is 0. The molecule has 0 amide bonds. The molecule has 4 aromatic carbocycles. The molecular formula is C72H116. The normalized spacial score (nSPS) is 14.4. The minimum Gasteiger partial charge on any atom is -0.0561 e. The van der Waals surface area contributed by atoms with E-state index >= 15 is 0 Å². The average molecular weight is 982 g/mol. The molecule has 4 aromatic rings. The molecule has 0 heteroatoms. The van der Waals surface area contributed by atoms with E-state index in [2.05, 4.69) is 296 Å². The molecule has 0 heterocycles. The molecule has 0 N–H and O–H groups in total. The fourth-order valence-corrected chi connectivity index (χ4v) is 10.1. The van der Waals surface area contributed by atoms with Crippen molar-refractivity contribution in [3.05, 3.63) is 139 Å². The highest BCUT2D eigenvalue weighted by atomic mass is 14.4. The molecule has 0 fully saturated rings. The van der Waals surface area contributed by atoms with Crippen LogP contribution in [0.4, 0.5) is 0 Å². The first-order valence-corrected chi connectivity index (χ1v) is 28.2. The van der Waals surface area contributed by atoms with Crippen molar-refractivity contribution in [3.8, 4) is 0 Å². The van der Waals surface area contributed by atoms with Crippen LogP contribution in [0.3, 0.4) is 0 Å². The Morgan fingerprint density at radius 2 is 0.319 bits per heavy atom.